The molecule has 32 heavy (non-hydrogen) atoms. The van der Waals surface area contributed by atoms with Crippen LogP contribution in [0.25, 0.3) is 11.3 Å². The van der Waals surface area contributed by atoms with Gasteiger partial charge in [-0.1, -0.05) is 18.2 Å². The van der Waals surface area contributed by atoms with Crippen molar-refractivity contribution >= 4 is 0 Å². The number of aryl methyl sites for hydroxylation is 1. The van der Waals surface area contributed by atoms with Gasteiger partial charge < -0.3 is 9.47 Å². The van der Waals surface area contributed by atoms with Crippen LogP contribution in [0.5, 0.6) is 11.5 Å². The first-order valence-electron chi connectivity index (χ1n) is 10.3. The smallest absolute Gasteiger partial charge is 0.482 e. The molecular formula is C23H21F4N3O2. The summed E-state index contributed by atoms with van der Waals surface area (Å²) in [6, 6.07) is 10.7. The zero-order valence-corrected chi connectivity index (χ0v) is 17.3. The first-order valence-corrected chi connectivity index (χ1v) is 10.3. The van der Waals surface area contributed by atoms with Crippen LogP contribution in [-0.4, -0.2) is 34.1 Å². The molecule has 0 amide bonds. The molecule has 2 aliphatic rings. The Labute approximate surface area is 182 Å². The summed E-state index contributed by atoms with van der Waals surface area (Å²) in [6.45, 7) is 1.52. The van der Waals surface area contributed by atoms with E-state index in [1.807, 2.05) is 7.05 Å². The van der Waals surface area contributed by atoms with Gasteiger partial charge in [-0.05, 0) is 18.2 Å². The largest absolute Gasteiger partial charge is 0.573 e. The Morgan fingerprint density at radius 1 is 1.12 bits per heavy atom. The average molecular weight is 447 g/mol. The number of benzene rings is 2. The van der Waals surface area contributed by atoms with Crippen LogP contribution >= 0.6 is 0 Å². The normalized spacial score (nSPS) is 17.5. The van der Waals surface area contributed by atoms with Gasteiger partial charge in [0.1, 0.15) is 22.9 Å². The second-order valence-electron chi connectivity index (χ2n) is 8.20. The molecule has 2 aliphatic heterocycles. The van der Waals surface area contributed by atoms with Gasteiger partial charge in [0, 0.05) is 62.3 Å². The van der Waals surface area contributed by atoms with Crippen molar-refractivity contribution in [2.75, 3.05) is 13.1 Å². The Bertz CT molecular complexity index is 1150. The lowest BCUT2D eigenvalue weighted by Crippen LogP contribution is -2.47. The molecule has 5 nitrogen and oxygen atoms in total. The van der Waals surface area contributed by atoms with Crippen molar-refractivity contribution in [1.82, 2.24) is 14.7 Å². The minimum Gasteiger partial charge on any atom is -0.482 e. The van der Waals surface area contributed by atoms with E-state index in [0.717, 1.165) is 16.8 Å². The van der Waals surface area contributed by atoms with E-state index in [4.69, 9.17) is 4.74 Å². The Hall–Kier alpha value is -3.07. The van der Waals surface area contributed by atoms with Crippen LogP contribution in [0.15, 0.2) is 48.7 Å². The summed E-state index contributed by atoms with van der Waals surface area (Å²) in [4.78, 5) is 2.07. The third kappa shape index (κ3) is 3.70. The number of hydrogen-bond acceptors (Lipinski definition) is 4. The van der Waals surface area contributed by atoms with E-state index < -0.39 is 12.0 Å². The van der Waals surface area contributed by atoms with Crippen LogP contribution in [0.4, 0.5) is 17.6 Å². The third-order valence-electron chi connectivity index (χ3n) is 6.19. The summed E-state index contributed by atoms with van der Waals surface area (Å²) < 4.78 is 64.5. The number of hydrogen-bond donors (Lipinski definition) is 0. The topological polar surface area (TPSA) is 39.5 Å². The van der Waals surface area contributed by atoms with Gasteiger partial charge in [-0.25, -0.2) is 4.39 Å². The number of alkyl halides is 3. The summed E-state index contributed by atoms with van der Waals surface area (Å²) in [7, 11) is 1.84. The van der Waals surface area contributed by atoms with Crippen LogP contribution in [-0.2, 0) is 19.2 Å². The molecule has 0 aliphatic carbocycles. The molecule has 5 rings (SSSR count). The molecule has 0 bridgehead atoms. The number of para-hydroxylation sites is 1. The number of ether oxygens (including phenoxy) is 2. The van der Waals surface area contributed by atoms with Gasteiger partial charge in [0.2, 0.25) is 0 Å². The Morgan fingerprint density at radius 2 is 1.88 bits per heavy atom. The molecule has 0 saturated carbocycles. The highest BCUT2D eigenvalue weighted by atomic mass is 19.4. The van der Waals surface area contributed by atoms with Crippen LogP contribution in [0.3, 0.4) is 0 Å². The highest BCUT2D eigenvalue weighted by Crippen LogP contribution is 2.49. The number of nitrogens with zero attached hydrogens (tertiary/aromatic N) is 3. The standard InChI is InChI=1S/C23H21F4N3O2/c1-29-21-17-7-6-16(24)12-20(17)31-22(18(21)13-28-29)8-10-30(11-9-22)14-15-4-2-3-5-19(15)32-23(25,26)27/h2-7,12-13H,8-11,14H2,1H3. The van der Waals surface area contributed by atoms with Crippen LogP contribution in [0.2, 0.25) is 0 Å². The molecule has 1 fully saturated rings. The highest BCUT2D eigenvalue weighted by molar-refractivity contribution is 5.73. The number of aromatic nitrogens is 2. The SMILES string of the molecule is Cn1ncc2c1-c1ccc(F)cc1OC21CCN(Cc2ccccc2OC(F)(F)F)CC1. The predicted octanol–water partition coefficient (Wildman–Crippen LogP) is 5.01. The van der Waals surface area contributed by atoms with E-state index in [-0.39, 0.29) is 11.6 Å². The molecule has 0 radical (unpaired) electrons. The molecule has 0 unspecified atom stereocenters. The maximum atomic E-state index is 13.9. The minimum atomic E-state index is -4.74. The second-order valence-corrected chi connectivity index (χ2v) is 8.20. The predicted molar refractivity (Wildman–Crippen MR) is 109 cm³/mol. The van der Waals surface area contributed by atoms with Crippen LogP contribution < -0.4 is 9.47 Å². The molecule has 1 aromatic heterocycles. The van der Waals surface area contributed by atoms with Crippen molar-refractivity contribution in [3.8, 4) is 22.8 Å². The molecular weight excluding hydrogens is 426 g/mol. The van der Waals surface area contributed by atoms with Gasteiger partial charge in [-0.3, -0.25) is 9.58 Å². The van der Waals surface area contributed by atoms with E-state index in [0.29, 0.717) is 43.8 Å². The van der Waals surface area contributed by atoms with E-state index >= 15 is 0 Å². The highest BCUT2D eigenvalue weighted by Gasteiger charge is 2.45. The number of halogens is 4. The van der Waals surface area contributed by atoms with Crippen LogP contribution in [0, 0.1) is 5.82 Å². The van der Waals surface area contributed by atoms with Crippen molar-refractivity contribution < 1.29 is 27.0 Å². The summed E-state index contributed by atoms with van der Waals surface area (Å²) in [6.07, 6.45) is -1.74. The van der Waals surface area contributed by atoms with Crippen LogP contribution in [0.1, 0.15) is 24.0 Å². The average Bonchev–Trinajstić information content (AvgIpc) is 3.13. The van der Waals surface area contributed by atoms with Crippen molar-refractivity contribution in [1.29, 1.82) is 0 Å². The first kappa shape index (κ1) is 20.8. The van der Waals surface area contributed by atoms with Gasteiger partial charge in [-0.15, -0.1) is 13.2 Å². The molecule has 1 saturated heterocycles. The summed E-state index contributed by atoms with van der Waals surface area (Å²) in [5, 5.41) is 4.41. The molecule has 168 valence electrons. The van der Waals surface area contributed by atoms with Crippen molar-refractivity contribution in [2.45, 2.75) is 31.3 Å². The fourth-order valence-electron chi connectivity index (χ4n) is 4.68. The summed E-state index contributed by atoms with van der Waals surface area (Å²) >= 11 is 0. The van der Waals surface area contributed by atoms with E-state index in [1.54, 1.807) is 29.1 Å². The second kappa shape index (κ2) is 7.51. The van der Waals surface area contributed by atoms with E-state index in [1.165, 1.54) is 24.3 Å². The summed E-state index contributed by atoms with van der Waals surface area (Å²) in [5.41, 5.74) is 2.48. The van der Waals surface area contributed by atoms with Crippen molar-refractivity contribution in [3.05, 3.63) is 65.6 Å². The third-order valence-corrected chi connectivity index (χ3v) is 6.19. The Balaban J connectivity index is 1.37. The summed E-state index contributed by atoms with van der Waals surface area (Å²) in [5.74, 6) is -0.0742. The Kier molecular flexibility index (Phi) is 4.88. The number of likely N-dealkylation sites (tertiary alicyclic amines) is 1. The lowest BCUT2D eigenvalue weighted by molar-refractivity contribution is -0.275. The molecule has 1 spiro atoms. The quantitative estimate of drug-likeness (QED) is 0.530. The maximum Gasteiger partial charge on any atom is 0.573 e. The van der Waals surface area contributed by atoms with E-state index in [9.17, 15) is 17.6 Å². The number of fused-ring (bicyclic) bond motifs is 4. The first-order chi connectivity index (χ1) is 15.2. The van der Waals surface area contributed by atoms with Crippen molar-refractivity contribution in [3.63, 3.8) is 0 Å². The monoisotopic (exact) mass is 447 g/mol. The van der Waals surface area contributed by atoms with Gasteiger partial charge in [-0.2, -0.15) is 5.10 Å². The number of piperidine rings is 1. The lowest BCUT2D eigenvalue weighted by atomic mass is 9.81. The molecule has 9 heteroatoms. The molecule has 0 atom stereocenters. The molecule has 3 aromatic rings. The maximum absolute atomic E-state index is 13.9. The Morgan fingerprint density at radius 3 is 2.62 bits per heavy atom. The zero-order chi connectivity index (χ0) is 22.5. The fourth-order valence-corrected chi connectivity index (χ4v) is 4.68. The van der Waals surface area contributed by atoms with Crippen molar-refractivity contribution in [2.24, 2.45) is 7.05 Å². The van der Waals surface area contributed by atoms with E-state index in [2.05, 4.69) is 14.7 Å². The van der Waals surface area contributed by atoms with Gasteiger partial charge in [0.25, 0.3) is 0 Å². The molecule has 3 heterocycles. The minimum absolute atomic E-state index is 0.187. The zero-order valence-electron chi connectivity index (χ0n) is 17.3. The molecule has 0 N–H and O–H groups in total. The van der Waals surface area contributed by atoms with Gasteiger partial charge >= 0.3 is 6.36 Å². The van der Waals surface area contributed by atoms with Gasteiger partial charge in [0.15, 0.2) is 0 Å². The molecule has 2 aromatic carbocycles. The fraction of sp³-hybridized carbons (Fsp3) is 0.348. The lowest BCUT2D eigenvalue weighted by Gasteiger charge is -2.44. The van der Waals surface area contributed by atoms with Gasteiger partial charge in [0.05, 0.1) is 11.9 Å². The number of rotatable bonds is 3.